The number of phenols is 1. The molecule has 1 N–H and O–H groups in total. The molecular formula is C21H26O4. The predicted octanol–water partition coefficient (Wildman–Crippen LogP) is 3.67. The summed E-state index contributed by atoms with van der Waals surface area (Å²) in [5.41, 5.74) is 3.00. The number of ketones is 1. The lowest BCUT2D eigenvalue weighted by Crippen LogP contribution is -2.49. The lowest BCUT2D eigenvalue weighted by Gasteiger charge is -2.50. The fourth-order valence-corrected chi connectivity index (χ4v) is 5.82. The SMILES string of the molecule is CC(=O)O[C@H]1Cc2cc(O)c(C)cc2[C@H]2CC[C@]3(C)C(=O)CC[C@H]3[C@H]12. The van der Waals surface area contributed by atoms with Crippen LogP contribution < -0.4 is 0 Å². The number of carbonyl (C=O) groups excluding carboxylic acids is 2. The maximum absolute atomic E-state index is 12.5. The van der Waals surface area contributed by atoms with Gasteiger partial charge < -0.3 is 9.84 Å². The Morgan fingerprint density at radius 3 is 2.80 bits per heavy atom. The highest BCUT2D eigenvalue weighted by Gasteiger charge is 2.57. The summed E-state index contributed by atoms with van der Waals surface area (Å²) in [7, 11) is 0. The molecule has 25 heavy (non-hydrogen) atoms. The number of hydrogen-bond acceptors (Lipinski definition) is 4. The molecular weight excluding hydrogens is 316 g/mol. The van der Waals surface area contributed by atoms with Crippen LogP contribution in [-0.2, 0) is 20.7 Å². The number of ether oxygens (including phenoxy) is 1. The minimum absolute atomic E-state index is 0.200. The molecule has 1 aromatic carbocycles. The Balaban J connectivity index is 1.81. The maximum atomic E-state index is 12.5. The van der Waals surface area contributed by atoms with Crippen molar-refractivity contribution in [2.24, 2.45) is 17.3 Å². The molecule has 2 fully saturated rings. The van der Waals surface area contributed by atoms with Crippen molar-refractivity contribution < 1.29 is 19.4 Å². The molecule has 0 aromatic heterocycles. The minimum Gasteiger partial charge on any atom is -0.508 e. The van der Waals surface area contributed by atoms with Crippen molar-refractivity contribution in [2.75, 3.05) is 0 Å². The fourth-order valence-electron chi connectivity index (χ4n) is 5.82. The second-order valence-corrected chi connectivity index (χ2v) is 8.40. The van der Waals surface area contributed by atoms with Gasteiger partial charge in [0.15, 0.2) is 0 Å². The Kier molecular flexibility index (Phi) is 3.71. The molecule has 0 amide bonds. The van der Waals surface area contributed by atoms with E-state index in [4.69, 9.17) is 4.74 Å². The smallest absolute Gasteiger partial charge is 0.302 e. The van der Waals surface area contributed by atoms with Crippen molar-refractivity contribution in [2.45, 2.75) is 64.9 Å². The number of aryl methyl sites for hydroxylation is 1. The summed E-state index contributed by atoms with van der Waals surface area (Å²) < 4.78 is 5.74. The molecule has 2 saturated carbocycles. The van der Waals surface area contributed by atoms with Gasteiger partial charge >= 0.3 is 5.97 Å². The van der Waals surface area contributed by atoms with Crippen molar-refractivity contribution >= 4 is 11.8 Å². The van der Waals surface area contributed by atoms with Gasteiger partial charge in [0.1, 0.15) is 17.6 Å². The first kappa shape index (κ1) is 16.6. The molecule has 134 valence electrons. The molecule has 4 rings (SSSR count). The van der Waals surface area contributed by atoms with E-state index in [-0.39, 0.29) is 29.3 Å². The van der Waals surface area contributed by atoms with E-state index in [1.807, 2.05) is 13.0 Å². The molecule has 3 aliphatic carbocycles. The first-order valence-electron chi connectivity index (χ1n) is 9.34. The quantitative estimate of drug-likeness (QED) is 0.791. The summed E-state index contributed by atoms with van der Waals surface area (Å²) in [5, 5.41) is 10.1. The summed E-state index contributed by atoms with van der Waals surface area (Å²) in [6.07, 6.45) is 3.83. The number of aromatic hydroxyl groups is 1. The largest absolute Gasteiger partial charge is 0.508 e. The number of esters is 1. The minimum atomic E-state index is -0.264. The van der Waals surface area contributed by atoms with Crippen LogP contribution in [0.4, 0.5) is 0 Å². The summed E-state index contributed by atoms with van der Waals surface area (Å²) in [6, 6.07) is 3.94. The standard InChI is InChI=1S/C21H26O4/c1-11-8-15-13(9-17(11)23)10-18(25-12(2)22)20-14(15)6-7-21(3)16(20)4-5-19(21)24/h8-9,14,16,18,20,23H,4-7,10H2,1-3H3/t14-,16+,18+,20-,21+/m1/s1. The average Bonchev–Trinajstić information content (AvgIpc) is 2.84. The maximum Gasteiger partial charge on any atom is 0.302 e. The lowest BCUT2D eigenvalue weighted by atomic mass is 9.54. The number of benzene rings is 1. The van der Waals surface area contributed by atoms with Gasteiger partial charge in [0, 0.05) is 31.1 Å². The van der Waals surface area contributed by atoms with Crippen molar-refractivity contribution in [3.8, 4) is 5.75 Å². The predicted molar refractivity (Wildman–Crippen MR) is 93.4 cm³/mol. The van der Waals surface area contributed by atoms with Gasteiger partial charge in [-0.3, -0.25) is 9.59 Å². The zero-order chi connectivity index (χ0) is 17.9. The molecule has 0 radical (unpaired) electrons. The van der Waals surface area contributed by atoms with E-state index in [1.54, 1.807) is 0 Å². The molecule has 4 nitrogen and oxygen atoms in total. The van der Waals surface area contributed by atoms with Crippen LogP contribution in [0.2, 0.25) is 0 Å². The van der Waals surface area contributed by atoms with Gasteiger partial charge in [-0.25, -0.2) is 0 Å². The molecule has 0 unspecified atom stereocenters. The van der Waals surface area contributed by atoms with E-state index in [0.717, 1.165) is 30.4 Å². The second kappa shape index (κ2) is 5.58. The molecule has 0 heterocycles. The highest BCUT2D eigenvalue weighted by atomic mass is 16.5. The lowest BCUT2D eigenvalue weighted by molar-refractivity contribution is -0.155. The van der Waals surface area contributed by atoms with Crippen molar-refractivity contribution in [3.63, 3.8) is 0 Å². The number of carbonyl (C=O) groups is 2. The highest BCUT2D eigenvalue weighted by Crippen LogP contribution is 2.60. The van der Waals surface area contributed by atoms with E-state index in [2.05, 4.69) is 13.0 Å². The number of rotatable bonds is 1. The van der Waals surface area contributed by atoms with E-state index in [1.165, 1.54) is 12.5 Å². The summed E-state index contributed by atoms with van der Waals surface area (Å²) in [5.74, 6) is 1.20. The van der Waals surface area contributed by atoms with Gasteiger partial charge in [-0.1, -0.05) is 13.0 Å². The third-order valence-corrected chi connectivity index (χ3v) is 7.07. The number of fused-ring (bicyclic) bond motifs is 5. The van der Waals surface area contributed by atoms with Gasteiger partial charge in [-0.05, 0) is 60.8 Å². The van der Waals surface area contributed by atoms with Crippen LogP contribution in [0.25, 0.3) is 0 Å². The van der Waals surface area contributed by atoms with E-state index in [0.29, 0.717) is 30.3 Å². The van der Waals surface area contributed by atoms with Crippen molar-refractivity contribution in [3.05, 3.63) is 28.8 Å². The first-order chi connectivity index (χ1) is 11.8. The van der Waals surface area contributed by atoms with Gasteiger partial charge in [0.05, 0.1) is 0 Å². The van der Waals surface area contributed by atoms with Crippen LogP contribution in [-0.4, -0.2) is 23.0 Å². The Morgan fingerprint density at radius 2 is 2.08 bits per heavy atom. The molecule has 0 saturated heterocycles. The second-order valence-electron chi connectivity index (χ2n) is 8.40. The van der Waals surface area contributed by atoms with E-state index in [9.17, 15) is 14.7 Å². The summed E-state index contributed by atoms with van der Waals surface area (Å²) in [4.78, 5) is 24.3. The monoisotopic (exact) mass is 342 g/mol. The Morgan fingerprint density at radius 1 is 1.32 bits per heavy atom. The third-order valence-electron chi connectivity index (χ3n) is 7.07. The Labute approximate surface area is 148 Å². The van der Waals surface area contributed by atoms with Crippen LogP contribution in [0.15, 0.2) is 12.1 Å². The van der Waals surface area contributed by atoms with Gasteiger partial charge in [0.2, 0.25) is 0 Å². The van der Waals surface area contributed by atoms with Crippen LogP contribution in [0, 0.1) is 24.2 Å². The summed E-state index contributed by atoms with van der Waals surface area (Å²) >= 11 is 0. The first-order valence-corrected chi connectivity index (χ1v) is 9.34. The van der Waals surface area contributed by atoms with Crippen molar-refractivity contribution in [1.82, 2.24) is 0 Å². The molecule has 0 bridgehead atoms. The van der Waals surface area contributed by atoms with E-state index < -0.39 is 0 Å². The van der Waals surface area contributed by atoms with Crippen LogP contribution in [0.1, 0.15) is 62.1 Å². The molecule has 0 spiro atoms. The number of Topliss-reactive ketones (excluding diaryl/α,β-unsaturated/α-hetero) is 1. The molecule has 0 aliphatic heterocycles. The number of hydrogen-bond donors (Lipinski definition) is 1. The van der Waals surface area contributed by atoms with Gasteiger partial charge in [0.25, 0.3) is 0 Å². The molecule has 3 aliphatic rings. The normalized spacial score (nSPS) is 36.4. The van der Waals surface area contributed by atoms with E-state index >= 15 is 0 Å². The van der Waals surface area contributed by atoms with Crippen LogP contribution >= 0.6 is 0 Å². The number of phenolic OH excluding ortho intramolecular Hbond substituents is 1. The van der Waals surface area contributed by atoms with Crippen LogP contribution in [0.3, 0.4) is 0 Å². The zero-order valence-electron chi connectivity index (χ0n) is 15.2. The highest BCUT2D eigenvalue weighted by molar-refractivity contribution is 5.87. The topological polar surface area (TPSA) is 63.6 Å². The Bertz CT molecular complexity index is 753. The van der Waals surface area contributed by atoms with Crippen molar-refractivity contribution in [1.29, 1.82) is 0 Å². The molecule has 1 aromatic rings. The van der Waals surface area contributed by atoms with Gasteiger partial charge in [-0.15, -0.1) is 0 Å². The fraction of sp³-hybridized carbons (Fsp3) is 0.619. The third kappa shape index (κ3) is 2.41. The average molecular weight is 342 g/mol. The molecule has 4 heteroatoms. The summed E-state index contributed by atoms with van der Waals surface area (Å²) in [6.45, 7) is 5.50. The Hall–Kier alpha value is -1.84. The van der Waals surface area contributed by atoms with Crippen LogP contribution in [0.5, 0.6) is 5.75 Å². The zero-order valence-corrected chi connectivity index (χ0v) is 15.2. The molecule has 5 atom stereocenters. The van der Waals surface area contributed by atoms with Gasteiger partial charge in [-0.2, -0.15) is 0 Å².